The molecule has 3 aromatic rings. The van der Waals surface area contributed by atoms with Gasteiger partial charge in [0.1, 0.15) is 5.82 Å². The van der Waals surface area contributed by atoms with Gasteiger partial charge in [0.15, 0.2) is 11.6 Å². The van der Waals surface area contributed by atoms with Gasteiger partial charge < -0.3 is 10.6 Å². The SMILES string of the molecule is Cc1ccc(S(=O)(=O)N2CC=C3NC(NCC(=O)C4CCC(N(Cc5ccccc5)Cc5ccccc5)CC4)=CN=C32)cc1. The summed E-state index contributed by atoms with van der Waals surface area (Å²) >= 11 is 0. The van der Waals surface area contributed by atoms with E-state index in [9.17, 15) is 13.2 Å². The fourth-order valence-corrected chi connectivity index (χ4v) is 7.59. The third kappa shape index (κ3) is 6.79. The van der Waals surface area contributed by atoms with Crippen molar-refractivity contribution in [1.29, 1.82) is 0 Å². The molecule has 0 amide bonds. The molecule has 1 aliphatic carbocycles. The van der Waals surface area contributed by atoms with Gasteiger partial charge >= 0.3 is 0 Å². The van der Waals surface area contributed by atoms with Crippen molar-refractivity contribution in [1.82, 2.24) is 19.8 Å². The highest BCUT2D eigenvalue weighted by Gasteiger charge is 2.35. The average Bonchev–Trinajstić information content (AvgIpc) is 3.49. The van der Waals surface area contributed by atoms with Crippen molar-refractivity contribution in [3.8, 4) is 0 Å². The molecule has 0 atom stereocenters. The molecule has 1 fully saturated rings. The number of aryl methyl sites for hydroxylation is 1. The van der Waals surface area contributed by atoms with Crippen LogP contribution in [0.25, 0.3) is 0 Å². The molecule has 2 heterocycles. The van der Waals surface area contributed by atoms with Gasteiger partial charge in [-0.15, -0.1) is 0 Å². The van der Waals surface area contributed by atoms with Gasteiger partial charge in [-0.3, -0.25) is 9.69 Å². The van der Waals surface area contributed by atoms with Gasteiger partial charge in [0, 0.05) is 25.0 Å². The molecule has 3 aromatic carbocycles. The summed E-state index contributed by atoms with van der Waals surface area (Å²) in [5, 5.41) is 6.42. The minimum atomic E-state index is -3.73. The Morgan fingerprint density at radius 1 is 0.909 bits per heavy atom. The van der Waals surface area contributed by atoms with E-state index in [0.29, 0.717) is 23.4 Å². The van der Waals surface area contributed by atoms with Crippen LogP contribution in [0.4, 0.5) is 0 Å². The third-order valence-electron chi connectivity index (χ3n) is 8.71. The van der Waals surface area contributed by atoms with Crippen LogP contribution in [-0.2, 0) is 27.9 Å². The van der Waals surface area contributed by atoms with E-state index in [1.165, 1.54) is 15.4 Å². The minimum Gasteiger partial charge on any atom is -0.363 e. The van der Waals surface area contributed by atoms with Gasteiger partial charge in [-0.1, -0.05) is 78.4 Å². The second-order valence-electron chi connectivity index (χ2n) is 11.8. The van der Waals surface area contributed by atoms with Crippen LogP contribution in [0.2, 0.25) is 0 Å². The molecule has 9 heteroatoms. The number of Topliss-reactive ketones (excluding diaryl/α,β-unsaturated/α-hetero) is 1. The lowest BCUT2D eigenvalue weighted by Crippen LogP contribution is -2.41. The number of aliphatic imine (C=N–C) groups is 1. The van der Waals surface area contributed by atoms with Crippen LogP contribution >= 0.6 is 0 Å². The fourth-order valence-electron chi connectivity index (χ4n) is 6.21. The number of carbonyl (C=O) groups excluding carboxylic acids is 1. The van der Waals surface area contributed by atoms with Crippen LogP contribution in [0.1, 0.15) is 42.4 Å². The lowest BCUT2D eigenvalue weighted by Gasteiger charge is -2.37. The van der Waals surface area contributed by atoms with E-state index in [4.69, 9.17) is 0 Å². The van der Waals surface area contributed by atoms with Crippen molar-refractivity contribution < 1.29 is 13.2 Å². The van der Waals surface area contributed by atoms with Crippen LogP contribution in [0.15, 0.2) is 119 Å². The number of benzene rings is 3. The van der Waals surface area contributed by atoms with E-state index in [-0.39, 0.29) is 29.7 Å². The summed E-state index contributed by atoms with van der Waals surface area (Å²) in [6.45, 7) is 4.11. The highest BCUT2D eigenvalue weighted by Crippen LogP contribution is 2.30. The summed E-state index contributed by atoms with van der Waals surface area (Å²) in [5.74, 6) is 1.17. The molecule has 3 aliphatic rings. The third-order valence-corrected chi connectivity index (χ3v) is 10.5. The molecule has 1 saturated carbocycles. The zero-order valence-corrected chi connectivity index (χ0v) is 25.8. The molecule has 0 aromatic heterocycles. The number of hydrogen-bond donors (Lipinski definition) is 2. The van der Waals surface area contributed by atoms with Gasteiger partial charge in [0.2, 0.25) is 0 Å². The predicted octanol–water partition coefficient (Wildman–Crippen LogP) is 5.10. The number of hydrogen-bond acceptors (Lipinski definition) is 7. The van der Waals surface area contributed by atoms with Gasteiger partial charge in [0.05, 0.1) is 29.9 Å². The zero-order chi connectivity index (χ0) is 30.5. The highest BCUT2D eigenvalue weighted by atomic mass is 32.2. The topological polar surface area (TPSA) is 94.1 Å². The second kappa shape index (κ2) is 13.2. The number of nitrogens with one attached hydrogen (secondary N) is 2. The number of ketones is 1. The summed E-state index contributed by atoms with van der Waals surface area (Å²) in [7, 11) is -3.73. The van der Waals surface area contributed by atoms with Gasteiger partial charge in [-0.05, 0) is 61.9 Å². The molecule has 6 rings (SSSR count). The lowest BCUT2D eigenvalue weighted by molar-refractivity contribution is -0.123. The lowest BCUT2D eigenvalue weighted by atomic mass is 9.82. The highest BCUT2D eigenvalue weighted by molar-refractivity contribution is 7.89. The second-order valence-corrected chi connectivity index (χ2v) is 13.7. The number of sulfonamides is 1. The van der Waals surface area contributed by atoms with Gasteiger partial charge in [0.25, 0.3) is 10.0 Å². The van der Waals surface area contributed by atoms with Crippen molar-refractivity contribution in [2.75, 3.05) is 13.1 Å². The summed E-state index contributed by atoms with van der Waals surface area (Å²) in [6, 6.07) is 28.4. The Morgan fingerprint density at radius 3 is 2.14 bits per heavy atom. The molecule has 8 nitrogen and oxygen atoms in total. The quantitative estimate of drug-likeness (QED) is 0.314. The fraction of sp³-hybridized carbons (Fsp3) is 0.314. The molecule has 0 unspecified atom stereocenters. The van der Waals surface area contributed by atoms with E-state index in [1.807, 2.05) is 6.92 Å². The summed E-state index contributed by atoms with van der Waals surface area (Å²) in [4.78, 5) is 20.5. The van der Waals surface area contributed by atoms with Crippen molar-refractivity contribution >= 4 is 21.6 Å². The normalized spacial score (nSPS) is 19.9. The van der Waals surface area contributed by atoms with Crippen molar-refractivity contribution in [3.63, 3.8) is 0 Å². The van der Waals surface area contributed by atoms with Crippen LogP contribution in [0.5, 0.6) is 0 Å². The van der Waals surface area contributed by atoms with E-state index in [1.54, 1.807) is 36.5 Å². The number of fused-ring (bicyclic) bond motifs is 1. The minimum absolute atomic E-state index is 0.0261. The van der Waals surface area contributed by atoms with Gasteiger partial charge in [-0.25, -0.2) is 17.7 Å². The maximum absolute atomic E-state index is 13.2. The first-order valence-electron chi connectivity index (χ1n) is 15.3. The standard InChI is InChI=1S/C35H39N5O3S/c1-26-12-18-31(19-13-26)44(42,43)40-21-20-32-35(40)37-23-34(38-32)36-22-33(41)29-14-16-30(17-15-29)39(24-27-8-4-2-5-9-27)25-28-10-6-3-7-11-28/h2-13,18-20,23,29-30,36,38H,14-17,21-22,24-25H2,1H3. The predicted molar refractivity (Wildman–Crippen MR) is 173 cm³/mol. The van der Waals surface area contributed by atoms with E-state index in [2.05, 4.69) is 81.2 Å². The number of rotatable bonds is 11. The first-order chi connectivity index (χ1) is 21.4. The smallest absolute Gasteiger partial charge is 0.265 e. The first-order valence-corrected chi connectivity index (χ1v) is 16.7. The Morgan fingerprint density at radius 2 is 1.52 bits per heavy atom. The van der Waals surface area contributed by atoms with Crippen molar-refractivity contribution in [3.05, 3.63) is 125 Å². The molecule has 228 valence electrons. The average molecular weight is 610 g/mol. The Labute approximate surface area is 260 Å². The Kier molecular flexibility index (Phi) is 8.95. The van der Waals surface area contributed by atoms with Crippen molar-refractivity contribution in [2.45, 2.75) is 56.6 Å². The molecular formula is C35H39N5O3S. The van der Waals surface area contributed by atoms with E-state index < -0.39 is 10.0 Å². The summed E-state index contributed by atoms with van der Waals surface area (Å²) < 4.78 is 27.7. The molecule has 0 bridgehead atoms. The first kappa shape index (κ1) is 29.8. The number of carbonyl (C=O) groups is 1. The zero-order valence-electron chi connectivity index (χ0n) is 25.0. The van der Waals surface area contributed by atoms with Gasteiger partial charge in [-0.2, -0.15) is 0 Å². The summed E-state index contributed by atoms with van der Waals surface area (Å²) in [5.41, 5.74) is 4.22. The Bertz CT molecular complexity index is 1620. The van der Waals surface area contributed by atoms with Crippen LogP contribution in [-0.4, -0.2) is 48.4 Å². The van der Waals surface area contributed by atoms with Crippen LogP contribution in [0, 0.1) is 12.8 Å². The molecule has 0 saturated heterocycles. The Balaban J connectivity index is 1.03. The van der Waals surface area contributed by atoms with Crippen molar-refractivity contribution in [2.24, 2.45) is 10.9 Å². The Hall–Kier alpha value is -4.21. The molecule has 2 aliphatic heterocycles. The van der Waals surface area contributed by atoms with Crippen LogP contribution in [0.3, 0.4) is 0 Å². The molecule has 44 heavy (non-hydrogen) atoms. The largest absolute Gasteiger partial charge is 0.363 e. The monoisotopic (exact) mass is 609 g/mol. The van der Waals surface area contributed by atoms with E-state index >= 15 is 0 Å². The molecular weight excluding hydrogens is 570 g/mol. The maximum Gasteiger partial charge on any atom is 0.265 e. The summed E-state index contributed by atoms with van der Waals surface area (Å²) in [6.07, 6.45) is 7.09. The maximum atomic E-state index is 13.2. The van der Waals surface area contributed by atoms with Crippen LogP contribution < -0.4 is 10.6 Å². The molecule has 2 N–H and O–H groups in total. The number of amidine groups is 1. The molecule has 0 radical (unpaired) electrons. The molecule has 0 spiro atoms. The number of nitrogens with zero attached hydrogens (tertiary/aromatic N) is 3. The van der Waals surface area contributed by atoms with E-state index in [0.717, 1.165) is 44.3 Å².